The van der Waals surface area contributed by atoms with Gasteiger partial charge in [-0.1, -0.05) is 0 Å². The van der Waals surface area contributed by atoms with Crippen molar-refractivity contribution in [3.05, 3.63) is 17.1 Å². The van der Waals surface area contributed by atoms with Crippen LogP contribution in [0.5, 0.6) is 5.88 Å². The lowest BCUT2D eigenvalue weighted by atomic mass is 10.2. The summed E-state index contributed by atoms with van der Waals surface area (Å²) in [7, 11) is 0. The molecule has 1 saturated carbocycles. The van der Waals surface area contributed by atoms with Gasteiger partial charge in [0.05, 0.1) is 12.2 Å². The van der Waals surface area contributed by atoms with Gasteiger partial charge in [0.2, 0.25) is 11.8 Å². The molecular formula is C13H20N4O5. The molecule has 0 atom stereocenters. The Kier molecular flexibility index (Phi) is 5.23. The van der Waals surface area contributed by atoms with Gasteiger partial charge in [-0.15, -0.1) is 0 Å². The quantitative estimate of drug-likeness (QED) is 0.335. The van der Waals surface area contributed by atoms with Gasteiger partial charge in [-0.3, -0.25) is 0 Å². The number of nitrogens with zero attached hydrogens (tertiary/aromatic N) is 2. The number of anilines is 2. The molecule has 122 valence electrons. The molecule has 0 unspecified atom stereocenters. The standard InChI is InChI=1S/C13H20N4O5/c14-11-10(7-1-2-7)12(17-13(15)16-11)22-4-3-21-6-9(20)8(19)5-18/h7,18-20H,1-6H2,(H4,14,15,16,17)/b9-8+. The Morgan fingerprint density at radius 3 is 2.50 bits per heavy atom. The van der Waals surface area contributed by atoms with E-state index in [1.165, 1.54) is 0 Å². The van der Waals surface area contributed by atoms with E-state index in [9.17, 15) is 5.11 Å². The average molecular weight is 312 g/mol. The Bertz CT molecular complexity index is 560. The molecule has 1 aromatic heterocycles. The Morgan fingerprint density at radius 1 is 1.14 bits per heavy atom. The summed E-state index contributed by atoms with van der Waals surface area (Å²) in [5.41, 5.74) is 12.2. The number of aliphatic hydroxyl groups is 3. The van der Waals surface area contributed by atoms with Crippen LogP contribution >= 0.6 is 0 Å². The minimum atomic E-state index is -0.643. The van der Waals surface area contributed by atoms with Crippen molar-refractivity contribution in [3.63, 3.8) is 0 Å². The fraction of sp³-hybridized carbons (Fsp3) is 0.538. The molecule has 0 bridgehead atoms. The van der Waals surface area contributed by atoms with Crippen molar-refractivity contribution in [2.75, 3.05) is 37.9 Å². The largest absolute Gasteiger partial charge is 0.506 e. The summed E-state index contributed by atoms with van der Waals surface area (Å²) in [6.45, 7) is -0.547. The highest BCUT2D eigenvalue weighted by atomic mass is 16.5. The van der Waals surface area contributed by atoms with Gasteiger partial charge in [0, 0.05) is 0 Å². The van der Waals surface area contributed by atoms with E-state index < -0.39 is 18.1 Å². The van der Waals surface area contributed by atoms with Crippen molar-refractivity contribution in [3.8, 4) is 5.88 Å². The van der Waals surface area contributed by atoms with E-state index in [0.717, 1.165) is 18.4 Å². The second kappa shape index (κ2) is 7.14. The second-order valence-electron chi connectivity index (χ2n) is 4.91. The summed E-state index contributed by atoms with van der Waals surface area (Å²) in [5.74, 6) is 0.106. The van der Waals surface area contributed by atoms with Crippen LogP contribution in [0.15, 0.2) is 11.5 Å². The van der Waals surface area contributed by atoms with Gasteiger partial charge in [-0.25, -0.2) is 0 Å². The number of aliphatic hydroxyl groups excluding tert-OH is 3. The average Bonchev–Trinajstić information content (AvgIpc) is 3.29. The molecule has 0 aliphatic heterocycles. The fourth-order valence-corrected chi connectivity index (χ4v) is 1.89. The maximum Gasteiger partial charge on any atom is 0.225 e. The molecule has 7 N–H and O–H groups in total. The number of hydrogen-bond donors (Lipinski definition) is 5. The predicted molar refractivity (Wildman–Crippen MR) is 78.5 cm³/mol. The van der Waals surface area contributed by atoms with Crippen molar-refractivity contribution >= 4 is 11.8 Å². The van der Waals surface area contributed by atoms with Crippen LogP contribution in [0.25, 0.3) is 0 Å². The first-order valence-electron chi connectivity index (χ1n) is 6.87. The first kappa shape index (κ1) is 16.1. The van der Waals surface area contributed by atoms with E-state index in [4.69, 9.17) is 31.2 Å². The summed E-state index contributed by atoms with van der Waals surface area (Å²) < 4.78 is 10.6. The Morgan fingerprint density at radius 2 is 1.86 bits per heavy atom. The molecular weight excluding hydrogens is 292 g/mol. The molecule has 0 amide bonds. The minimum absolute atomic E-state index is 0.0475. The van der Waals surface area contributed by atoms with Gasteiger partial charge >= 0.3 is 0 Å². The third-order valence-electron chi connectivity index (χ3n) is 3.13. The number of ether oxygens (including phenoxy) is 2. The number of nitrogen functional groups attached to an aromatic ring is 2. The van der Waals surface area contributed by atoms with E-state index >= 15 is 0 Å². The van der Waals surface area contributed by atoms with Gasteiger partial charge in [-0.2, -0.15) is 9.97 Å². The summed E-state index contributed by atoms with van der Waals surface area (Å²) in [4.78, 5) is 7.98. The molecule has 1 aliphatic rings. The van der Waals surface area contributed by atoms with E-state index in [-0.39, 0.29) is 25.8 Å². The zero-order valence-electron chi connectivity index (χ0n) is 12.0. The smallest absolute Gasteiger partial charge is 0.225 e. The highest BCUT2D eigenvalue weighted by Gasteiger charge is 2.31. The van der Waals surface area contributed by atoms with Crippen LogP contribution in [0.3, 0.4) is 0 Å². The predicted octanol–water partition coefficient (Wildman–Crippen LogP) is 0.234. The number of nitrogens with two attached hydrogens (primary N) is 2. The molecule has 1 aliphatic carbocycles. The van der Waals surface area contributed by atoms with Crippen LogP contribution < -0.4 is 16.2 Å². The highest BCUT2D eigenvalue weighted by molar-refractivity contribution is 5.52. The normalized spacial score (nSPS) is 15.5. The van der Waals surface area contributed by atoms with Gasteiger partial charge in [0.1, 0.15) is 25.6 Å². The van der Waals surface area contributed by atoms with Crippen LogP contribution in [0.4, 0.5) is 11.8 Å². The van der Waals surface area contributed by atoms with Gasteiger partial charge in [0.25, 0.3) is 0 Å². The lowest BCUT2D eigenvalue weighted by Gasteiger charge is -2.12. The van der Waals surface area contributed by atoms with Crippen LogP contribution in [0, 0.1) is 0 Å². The maximum atomic E-state index is 9.28. The molecule has 1 heterocycles. The maximum absolute atomic E-state index is 9.28. The number of rotatable bonds is 8. The van der Waals surface area contributed by atoms with E-state index in [0.29, 0.717) is 17.6 Å². The molecule has 2 rings (SSSR count). The SMILES string of the molecule is Nc1nc(N)c(C2CC2)c(OCCOC/C(O)=C(\O)CO)n1. The van der Waals surface area contributed by atoms with Gasteiger partial charge < -0.3 is 36.3 Å². The summed E-state index contributed by atoms with van der Waals surface area (Å²) >= 11 is 0. The first-order valence-corrected chi connectivity index (χ1v) is 6.87. The Balaban J connectivity index is 1.85. The van der Waals surface area contributed by atoms with E-state index in [2.05, 4.69) is 9.97 Å². The third-order valence-corrected chi connectivity index (χ3v) is 3.13. The lowest BCUT2D eigenvalue weighted by Crippen LogP contribution is -2.13. The minimum Gasteiger partial charge on any atom is -0.506 e. The fourth-order valence-electron chi connectivity index (χ4n) is 1.89. The molecule has 1 aromatic rings. The molecule has 0 aromatic carbocycles. The Hall–Kier alpha value is -2.26. The molecule has 0 saturated heterocycles. The van der Waals surface area contributed by atoms with Crippen LogP contribution in [-0.4, -0.2) is 51.7 Å². The van der Waals surface area contributed by atoms with Gasteiger partial charge in [0.15, 0.2) is 11.5 Å². The first-order chi connectivity index (χ1) is 10.5. The number of hydrogen-bond acceptors (Lipinski definition) is 9. The summed E-state index contributed by atoms with van der Waals surface area (Å²) in [6, 6.07) is 0. The van der Waals surface area contributed by atoms with Crippen molar-refractivity contribution in [1.29, 1.82) is 0 Å². The van der Waals surface area contributed by atoms with Crippen LogP contribution in [0.2, 0.25) is 0 Å². The van der Waals surface area contributed by atoms with Crippen molar-refractivity contribution < 1.29 is 24.8 Å². The van der Waals surface area contributed by atoms with Crippen LogP contribution in [0.1, 0.15) is 24.3 Å². The molecule has 9 nitrogen and oxygen atoms in total. The molecule has 1 fully saturated rings. The van der Waals surface area contributed by atoms with Crippen molar-refractivity contribution in [2.24, 2.45) is 0 Å². The highest BCUT2D eigenvalue weighted by Crippen LogP contribution is 2.46. The topological polar surface area (TPSA) is 157 Å². The summed E-state index contributed by atoms with van der Waals surface area (Å²) in [5, 5.41) is 26.9. The van der Waals surface area contributed by atoms with Crippen LogP contribution in [-0.2, 0) is 4.74 Å². The third kappa shape index (κ3) is 4.12. The molecule has 9 heteroatoms. The molecule has 22 heavy (non-hydrogen) atoms. The zero-order chi connectivity index (χ0) is 16.1. The van der Waals surface area contributed by atoms with E-state index in [1.807, 2.05) is 0 Å². The lowest BCUT2D eigenvalue weighted by molar-refractivity contribution is 0.0880. The van der Waals surface area contributed by atoms with Gasteiger partial charge in [-0.05, 0) is 18.8 Å². The van der Waals surface area contributed by atoms with Crippen molar-refractivity contribution in [2.45, 2.75) is 18.8 Å². The number of aromatic nitrogens is 2. The molecule has 0 spiro atoms. The zero-order valence-corrected chi connectivity index (χ0v) is 12.0. The van der Waals surface area contributed by atoms with Crippen molar-refractivity contribution in [1.82, 2.24) is 9.97 Å². The summed E-state index contributed by atoms with van der Waals surface area (Å²) in [6.07, 6.45) is 2.03. The van der Waals surface area contributed by atoms with E-state index in [1.54, 1.807) is 0 Å². The monoisotopic (exact) mass is 312 g/mol. The Labute approximate surface area is 127 Å². The molecule has 0 radical (unpaired) electrons. The second-order valence-corrected chi connectivity index (χ2v) is 4.91.